The molecule has 20 heavy (non-hydrogen) atoms. The highest BCUT2D eigenvalue weighted by atomic mass is 35.5. The predicted molar refractivity (Wildman–Crippen MR) is 76.4 cm³/mol. The van der Waals surface area contributed by atoms with Crippen molar-refractivity contribution in [2.75, 3.05) is 6.54 Å². The van der Waals surface area contributed by atoms with Crippen LogP contribution in [0.3, 0.4) is 0 Å². The molecule has 0 aliphatic heterocycles. The summed E-state index contributed by atoms with van der Waals surface area (Å²) in [6.45, 7) is 2.25. The van der Waals surface area contributed by atoms with Gasteiger partial charge >= 0.3 is 0 Å². The summed E-state index contributed by atoms with van der Waals surface area (Å²) < 4.78 is 41.0. The van der Waals surface area contributed by atoms with Crippen LogP contribution < -0.4 is 10.5 Å². The van der Waals surface area contributed by atoms with Crippen LogP contribution in [0.2, 0.25) is 5.02 Å². The minimum absolute atomic E-state index is 0.0405. The average Bonchev–Trinajstić information content (AvgIpc) is 3.19. The van der Waals surface area contributed by atoms with Gasteiger partial charge in [0.15, 0.2) is 0 Å². The van der Waals surface area contributed by atoms with Crippen LogP contribution in [0.25, 0.3) is 0 Å². The first-order valence-electron chi connectivity index (χ1n) is 6.51. The lowest BCUT2D eigenvalue weighted by Gasteiger charge is -2.15. The summed E-state index contributed by atoms with van der Waals surface area (Å²) in [7, 11) is -3.91. The number of hydrogen-bond donors (Lipinski definition) is 2. The van der Waals surface area contributed by atoms with Crippen LogP contribution in [0.5, 0.6) is 0 Å². The molecule has 0 unspecified atom stereocenters. The lowest BCUT2D eigenvalue weighted by atomic mass is 10.1. The lowest BCUT2D eigenvalue weighted by Crippen LogP contribution is -2.31. The number of halogens is 2. The SMILES string of the molecule is CCC1(CNS(=O)(=O)c2cc(Cl)cc(CN)c2F)CC1. The Bertz CT molecular complexity index is 615. The molecule has 0 aromatic heterocycles. The van der Waals surface area contributed by atoms with Crippen LogP contribution in [0, 0.1) is 11.2 Å². The van der Waals surface area contributed by atoms with E-state index in [2.05, 4.69) is 4.72 Å². The molecular weight excluding hydrogens is 303 g/mol. The molecule has 0 heterocycles. The van der Waals surface area contributed by atoms with Gasteiger partial charge in [-0.1, -0.05) is 18.5 Å². The zero-order valence-corrected chi connectivity index (χ0v) is 12.8. The van der Waals surface area contributed by atoms with Crippen molar-refractivity contribution in [1.29, 1.82) is 0 Å². The van der Waals surface area contributed by atoms with E-state index in [0.29, 0.717) is 6.54 Å². The first-order chi connectivity index (χ1) is 9.33. The predicted octanol–water partition coefficient (Wildman–Crippen LogP) is 2.41. The Morgan fingerprint density at radius 1 is 1.45 bits per heavy atom. The monoisotopic (exact) mass is 320 g/mol. The molecule has 7 heteroatoms. The third-order valence-electron chi connectivity index (χ3n) is 3.93. The Balaban J connectivity index is 2.27. The van der Waals surface area contributed by atoms with Gasteiger partial charge in [0.05, 0.1) is 0 Å². The summed E-state index contributed by atoms with van der Waals surface area (Å²) in [5.74, 6) is -0.828. The van der Waals surface area contributed by atoms with Crippen molar-refractivity contribution in [3.8, 4) is 0 Å². The number of nitrogens with two attached hydrogens (primary N) is 1. The van der Waals surface area contributed by atoms with E-state index in [-0.39, 0.29) is 22.5 Å². The summed E-state index contributed by atoms with van der Waals surface area (Å²) in [6, 6.07) is 2.45. The van der Waals surface area contributed by atoms with E-state index in [1.807, 2.05) is 6.92 Å². The summed E-state index contributed by atoms with van der Waals surface area (Å²) in [4.78, 5) is -0.433. The molecule has 1 saturated carbocycles. The number of nitrogens with one attached hydrogen (secondary N) is 1. The number of benzene rings is 1. The Labute approximate surface area is 123 Å². The smallest absolute Gasteiger partial charge is 0.243 e. The van der Waals surface area contributed by atoms with E-state index in [4.69, 9.17) is 17.3 Å². The molecule has 0 spiro atoms. The summed E-state index contributed by atoms with van der Waals surface area (Å²) in [5, 5.41) is 0.156. The number of rotatable bonds is 6. The maximum Gasteiger partial charge on any atom is 0.243 e. The van der Waals surface area contributed by atoms with Crippen molar-refractivity contribution in [2.24, 2.45) is 11.1 Å². The van der Waals surface area contributed by atoms with Gasteiger partial charge in [0.1, 0.15) is 10.7 Å². The standard InChI is InChI=1S/C13H18ClFN2O2S/c1-2-13(3-4-13)8-17-20(18,19)11-6-10(14)5-9(7-16)12(11)15/h5-6,17H,2-4,7-8,16H2,1H3. The Kier molecular flexibility index (Phi) is 4.39. The fourth-order valence-corrected chi connectivity index (χ4v) is 3.73. The quantitative estimate of drug-likeness (QED) is 0.845. The molecule has 4 nitrogen and oxygen atoms in total. The van der Waals surface area contributed by atoms with E-state index in [0.717, 1.165) is 25.3 Å². The molecule has 2 rings (SSSR count). The second-order valence-corrected chi connectivity index (χ2v) is 7.43. The molecule has 1 aliphatic rings. The van der Waals surface area contributed by atoms with E-state index in [1.54, 1.807) is 0 Å². The van der Waals surface area contributed by atoms with E-state index in [1.165, 1.54) is 6.07 Å². The van der Waals surface area contributed by atoms with Crippen molar-refractivity contribution in [3.63, 3.8) is 0 Å². The largest absolute Gasteiger partial charge is 0.326 e. The Morgan fingerprint density at radius 3 is 2.60 bits per heavy atom. The zero-order valence-electron chi connectivity index (χ0n) is 11.2. The molecule has 3 N–H and O–H groups in total. The van der Waals surface area contributed by atoms with Gasteiger partial charge in [0.25, 0.3) is 0 Å². The zero-order chi connectivity index (χ0) is 15.0. The topological polar surface area (TPSA) is 72.2 Å². The van der Waals surface area contributed by atoms with Gasteiger partial charge in [0.2, 0.25) is 10.0 Å². The van der Waals surface area contributed by atoms with Gasteiger partial charge in [-0.25, -0.2) is 17.5 Å². The Hall–Kier alpha value is -0.690. The molecule has 1 aromatic rings. The van der Waals surface area contributed by atoms with Gasteiger partial charge in [-0.15, -0.1) is 0 Å². The first-order valence-corrected chi connectivity index (χ1v) is 8.37. The molecule has 0 amide bonds. The molecule has 0 atom stereocenters. The molecule has 1 aliphatic carbocycles. The minimum Gasteiger partial charge on any atom is -0.326 e. The summed E-state index contributed by atoms with van der Waals surface area (Å²) in [5.41, 5.74) is 5.53. The molecular formula is C13H18ClFN2O2S. The molecule has 1 fully saturated rings. The van der Waals surface area contributed by atoms with Crippen LogP contribution in [0.1, 0.15) is 31.7 Å². The first kappa shape index (κ1) is 15.7. The van der Waals surface area contributed by atoms with E-state index in [9.17, 15) is 12.8 Å². The molecule has 1 aromatic carbocycles. The third kappa shape index (κ3) is 3.14. The van der Waals surface area contributed by atoms with E-state index < -0.39 is 20.7 Å². The van der Waals surface area contributed by atoms with Gasteiger partial charge in [-0.05, 0) is 36.8 Å². The van der Waals surface area contributed by atoms with Crippen molar-refractivity contribution >= 4 is 21.6 Å². The van der Waals surface area contributed by atoms with Crippen LogP contribution in [-0.4, -0.2) is 15.0 Å². The van der Waals surface area contributed by atoms with Crippen molar-refractivity contribution in [3.05, 3.63) is 28.5 Å². The second-order valence-electron chi connectivity index (χ2n) is 5.26. The number of sulfonamides is 1. The Morgan fingerprint density at radius 2 is 2.10 bits per heavy atom. The highest BCUT2D eigenvalue weighted by Crippen LogP contribution is 2.48. The maximum absolute atomic E-state index is 14.1. The summed E-state index contributed by atoms with van der Waals surface area (Å²) >= 11 is 5.82. The highest BCUT2D eigenvalue weighted by Gasteiger charge is 2.41. The van der Waals surface area contributed by atoms with Crippen molar-refractivity contribution in [2.45, 2.75) is 37.6 Å². The van der Waals surface area contributed by atoms with Crippen molar-refractivity contribution in [1.82, 2.24) is 4.72 Å². The second kappa shape index (κ2) is 5.60. The van der Waals surface area contributed by atoms with Gasteiger partial charge in [0, 0.05) is 23.7 Å². The lowest BCUT2D eigenvalue weighted by molar-refractivity contribution is 0.473. The van der Waals surface area contributed by atoms with Gasteiger partial charge < -0.3 is 5.73 Å². The van der Waals surface area contributed by atoms with Crippen LogP contribution >= 0.6 is 11.6 Å². The van der Waals surface area contributed by atoms with Crippen LogP contribution in [0.4, 0.5) is 4.39 Å². The fraction of sp³-hybridized carbons (Fsp3) is 0.538. The molecule has 112 valence electrons. The molecule has 0 radical (unpaired) electrons. The number of hydrogen-bond acceptors (Lipinski definition) is 3. The molecule has 0 bridgehead atoms. The normalized spacial score (nSPS) is 17.2. The van der Waals surface area contributed by atoms with Crippen molar-refractivity contribution < 1.29 is 12.8 Å². The molecule has 0 saturated heterocycles. The maximum atomic E-state index is 14.1. The van der Waals surface area contributed by atoms with Gasteiger partial charge in [-0.2, -0.15) is 0 Å². The van der Waals surface area contributed by atoms with E-state index >= 15 is 0 Å². The minimum atomic E-state index is -3.91. The summed E-state index contributed by atoms with van der Waals surface area (Å²) in [6.07, 6.45) is 2.90. The third-order valence-corrected chi connectivity index (χ3v) is 5.55. The highest BCUT2D eigenvalue weighted by molar-refractivity contribution is 7.89. The van der Waals surface area contributed by atoms with Gasteiger partial charge in [-0.3, -0.25) is 0 Å². The fourth-order valence-electron chi connectivity index (χ4n) is 2.12. The average molecular weight is 321 g/mol. The van der Waals surface area contributed by atoms with Crippen LogP contribution in [0.15, 0.2) is 17.0 Å². The van der Waals surface area contributed by atoms with Crippen LogP contribution in [-0.2, 0) is 16.6 Å².